The van der Waals surface area contributed by atoms with Gasteiger partial charge in [0.25, 0.3) is 5.78 Å². The first-order valence-electron chi connectivity index (χ1n) is 8.76. The maximum Gasteiger partial charge on any atom is 0.303 e. The Morgan fingerprint density at radius 1 is 1.23 bits per heavy atom. The summed E-state index contributed by atoms with van der Waals surface area (Å²) in [7, 11) is 0. The molecule has 0 aliphatic heterocycles. The summed E-state index contributed by atoms with van der Waals surface area (Å²) in [4.78, 5) is 31.5. The molecule has 0 bridgehead atoms. The quantitative estimate of drug-likeness (QED) is 0.481. The topological polar surface area (TPSA) is 109 Å². The molecule has 0 aromatic carbocycles. The zero-order valence-corrected chi connectivity index (χ0v) is 16.2. The maximum absolute atomic E-state index is 11.9. The highest BCUT2D eigenvalue weighted by molar-refractivity contribution is 7.99. The zero-order valence-electron chi connectivity index (χ0n) is 15.4. The fourth-order valence-corrected chi connectivity index (χ4v) is 3.28. The largest absolute Gasteiger partial charge is 0.481 e. The van der Waals surface area contributed by atoms with Gasteiger partial charge in [0.15, 0.2) is 0 Å². The van der Waals surface area contributed by atoms with E-state index in [4.69, 9.17) is 5.11 Å². The van der Waals surface area contributed by atoms with Gasteiger partial charge in [-0.15, -0.1) is 5.10 Å². The van der Waals surface area contributed by atoms with E-state index in [0.29, 0.717) is 23.9 Å². The number of aryl methyl sites for hydroxylation is 2. The van der Waals surface area contributed by atoms with Gasteiger partial charge in [-0.05, 0) is 32.3 Å². The predicted molar refractivity (Wildman–Crippen MR) is 99.5 cm³/mol. The van der Waals surface area contributed by atoms with Crippen LogP contribution in [0.25, 0.3) is 5.78 Å². The number of nitrogens with one attached hydrogen (secondary N) is 1. The number of aromatic nitrogens is 4. The van der Waals surface area contributed by atoms with Crippen LogP contribution in [-0.2, 0) is 16.0 Å². The molecule has 2 N–H and O–H groups in total. The highest BCUT2D eigenvalue weighted by Crippen LogP contribution is 2.19. The number of hydrogen-bond acceptors (Lipinski definition) is 6. The number of carbonyl (C=O) groups is 2. The zero-order chi connectivity index (χ0) is 19.1. The second-order valence-electron chi connectivity index (χ2n) is 6.11. The Kier molecular flexibility index (Phi) is 7.38. The molecule has 0 spiro atoms. The summed E-state index contributed by atoms with van der Waals surface area (Å²) in [6.07, 6.45) is 3.66. The van der Waals surface area contributed by atoms with Crippen molar-refractivity contribution in [3.63, 3.8) is 0 Å². The average Bonchev–Trinajstić information content (AvgIpc) is 2.99. The van der Waals surface area contributed by atoms with Crippen molar-refractivity contribution in [1.29, 1.82) is 0 Å². The minimum absolute atomic E-state index is 0.0343. The van der Waals surface area contributed by atoms with Gasteiger partial charge < -0.3 is 10.4 Å². The molecule has 142 valence electrons. The Hall–Kier alpha value is -2.16. The fourth-order valence-electron chi connectivity index (χ4n) is 2.63. The molecule has 2 aromatic rings. The number of thioether (sulfide) groups is 1. The van der Waals surface area contributed by atoms with E-state index in [2.05, 4.69) is 27.3 Å². The highest BCUT2D eigenvalue weighted by atomic mass is 32.2. The van der Waals surface area contributed by atoms with Crippen molar-refractivity contribution in [1.82, 2.24) is 24.9 Å². The third-order valence-electron chi connectivity index (χ3n) is 4.05. The van der Waals surface area contributed by atoms with Gasteiger partial charge in [-0.2, -0.15) is 4.98 Å². The number of carbonyl (C=O) groups excluding carboxylic acids is 1. The summed E-state index contributed by atoms with van der Waals surface area (Å²) in [6.45, 7) is 6.54. The molecule has 2 aromatic heterocycles. The Bertz CT molecular complexity index is 790. The molecule has 0 aliphatic carbocycles. The summed E-state index contributed by atoms with van der Waals surface area (Å²) in [5.74, 6) is -0.158. The smallest absolute Gasteiger partial charge is 0.303 e. The van der Waals surface area contributed by atoms with E-state index in [1.807, 2.05) is 13.8 Å². The molecule has 0 aliphatic rings. The Labute approximate surface area is 156 Å². The van der Waals surface area contributed by atoms with Gasteiger partial charge in [0.1, 0.15) is 0 Å². The molecule has 2 rings (SSSR count). The van der Waals surface area contributed by atoms with Gasteiger partial charge in [-0.25, -0.2) is 9.50 Å². The van der Waals surface area contributed by atoms with Crippen LogP contribution in [0.1, 0.15) is 49.6 Å². The Balaban J connectivity index is 2.03. The van der Waals surface area contributed by atoms with Gasteiger partial charge in [-0.3, -0.25) is 9.59 Å². The Morgan fingerprint density at radius 3 is 2.69 bits per heavy atom. The van der Waals surface area contributed by atoms with Gasteiger partial charge in [0, 0.05) is 24.4 Å². The maximum atomic E-state index is 11.9. The van der Waals surface area contributed by atoms with E-state index >= 15 is 0 Å². The van der Waals surface area contributed by atoms with Gasteiger partial charge >= 0.3 is 5.97 Å². The van der Waals surface area contributed by atoms with E-state index in [-0.39, 0.29) is 18.1 Å². The molecule has 0 saturated heterocycles. The molecular weight excluding hydrogens is 354 g/mol. The molecular formula is C17H25N5O3S. The van der Waals surface area contributed by atoms with Gasteiger partial charge in [0.05, 0.1) is 5.75 Å². The normalized spacial score (nSPS) is 11.0. The van der Waals surface area contributed by atoms with Crippen LogP contribution >= 0.6 is 11.8 Å². The number of rotatable bonds is 10. The predicted octanol–water partition coefficient (Wildman–Crippen LogP) is 2.16. The van der Waals surface area contributed by atoms with Crippen LogP contribution in [0.3, 0.4) is 0 Å². The van der Waals surface area contributed by atoms with Gasteiger partial charge in [-0.1, -0.05) is 31.5 Å². The van der Waals surface area contributed by atoms with Crippen LogP contribution in [0.15, 0.2) is 5.16 Å². The number of fused-ring (bicyclic) bond motifs is 1. The number of unbranched alkanes of at least 4 members (excludes halogenated alkanes) is 2. The number of carboxylic acid groups (broad SMARTS) is 1. The van der Waals surface area contributed by atoms with Crippen molar-refractivity contribution in [2.45, 2.75) is 58.0 Å². The van der Waals surface area contributed by atoms with Crippen LogP contribution in [0.5, 0.6) is 0 Å². The van der Waals surface area contributed by atoms with Crippen molar-refractivity contribution in [2.24, 2.45) is 0 Å². The second-order valence-corrected chi connectivity index (χ2v) is 7.05. The molecule has 8 nitrogen and oxygen atoms in total. The fraction of sp³-hybridized carbons (Fsp3) is 0.588. The van der Waals surface area contributed by atoms with Crippen LogP contribution in [-0.4, -0.2) is 48.9 Å². The first-order valence-corrected chi connectivity index (χ1v) is 9.75. The highest BCUT2D eigenvalue weighted by Gasteiger charge is 2.15. The monoisotopic (exact) mass is 379 g/mol. The minimum Gasteiger partial charge on any atom is -0.481 e. The number of aliphatic carboxylic acids is 1. The number of amides is 1. The van der Waals surface area contributed by atoms with Crippen molar-refractivity contribution >= 4 is 29.4 Å². The van der Waals surface area contributed by atoms with Gasteiger partial charge in [0.2, 0.25) is 11.1 Å². The lowest BCUT2D eigenvalue weighted by molar-refractivity contribution is -0.137. The first-order chi connectivity index (χ1) is 12.4. The number of nitrogens with zero attached hydrogens (tertiary/aromatic N) is 4. The molecule has 9 heteroatoms. The minimum atomic E-state index is -0.844. The van der Waals surface area contributed by atoms with Crippen LogP contribution in [0.2, 0.25) is 0 Å². The van der Waals surface area contributed by atoms with Crippen molar-refractivity contribution in [3.8, 4) is 0 Å². The molecule has 0 atom stereocenters. The third kappa shape index (κ3) is 5.42. The van der Waals surface area contributed by atoms with Crippen molar-refractivity contribution in [2.75, 3.05) is 12.3 Å². The van der Waals surface area contributed by atoms with Crippen LogP contribution in [0.4, 0.5) is 0 Å². The third-order valence-corrected chi connectivity index (χ3v) is 4.89. The summed E-state index contributed by atoms with van der Waals surface area (Å²) >= 11 is 1.27. The van der Waals surface area contributed by atoms with E-state index in [1.54, 1.807) is 4.52 Å². The van der Waals surface area contributed by atoms with Crippen molar-refractivity contribution < 1.29 is 14.7 Å². The second kappa shape index (κ2) is 9.51. The molecule has 1 amide bonds. The summed E-state index contributed by atoms with van der Waals surface area (Å²) in [6, 6.07) is 0. The van der Waals surface area contributed by atoms with E-state index < -0.39 is 5.97 Å². The summed E-state index contributed by atoms with van der Waals surface area (Å²) in [5, 5.41) is 16.7. The molecule has 0 unspecified atom stereocenters. The van der Waals surface area contributed by atoms with E-state index in [0.717, 1.165) is 36.2 Å². The molecule has 2 heterocycles. The Morgan fingerprint density at radius 2 is 2.00 bits per heavy atom. The van der Waals surface area contributed by atoms with Crippen LogP contribution in [0, 0.1) is 13.8 Å². The van der Waals surface area contributed by atoms with E-state index in [1.165, 1.54) is 11.8 Å². The molecule has 26 heavy (non-hydrogen) atoms. The first kappa shape index (κ1) is 20.2. The SMILES string of the molecule is CCCCCNC(=O)CSc1nc2nc(C)c(CCC(=O)O)c(C)n2n1. The lowest BCUT2D eigenvalue weighted by Crippen LogP contribution is -2.26. The summed E-state index contributed by atoms with van der Waals surface area (Å²) in [5.41, 5.74) is 2.46. The number of hydrogen-bond donors (Lipinski definition) is 2. The summed E-state index contributed by atoms with van der Waals surface area (Å²) < 4.78 is 1.62. The molecule has 0 fully saturated rings. The van der Waals surface area contributed by atoms with Crippen LogP contribution < -0.4 is 5.32 Å². The standard InChI is InChI=1S/C17H25N5O3S/c1-4-5-6-9-18-14(23)10-26-17-20-16-19-11(2)13(7-8-15(24)25)12(3)22(16)21-17/h4-10H2,1-3H3,(H,18,23)(H,24,25). The molecule has 0 saturated carbocycles. The lowest BCUT2D eigenvalue weighted by Gasteiger charge is -2.08. The van der Waals surface area contributed by atoms with E-state index in [9.17, 15) is 9.59 Å². The molecule has 0 radical (unpaired) electrons. The number of carboxylic acids is 1. The average molecular weight is 379 g/mol. The van der Waals surface area contributed by atoms with Crippen molar-refractivity contribution in [3.05, 3.63) is 17.0 Å². The lowest BCUT2D eigenvalue weighted by atomic mass is 10.1.